The van der Waals surface area contributed by atoms with Crippen molar-refractivity contribution in [2.75, 3.05) is 20.2 Å². The number of hydrogen-bond acceptors (Lipinski definition) is 4. The molecule has 0 radical (unpaired) electrons. The van der Waals surface area contributed by atoms with Gasteiger partial charge in [-0.2, -0.15) is 0 Å². The van der Waals surface area contributed by atoms with E-state index in [1.165, 1.54) is 7.11 Å². The SMILES string of the molecule is COC(=O)c1cccn1C1CCN(C(C)C(=O)N(C(C)C)C(C)C)CC1. The monoisotopic (exact) mass is 363 g/mol. The van der Waals surface area contributed by atoms with Gasteiger partial charge in [0.15, 0.2) is 0 Å². The number of carbonyl (C=O) groups excluding carboxylic acids is 2. The minimum Gasteiger partial charge on any atom is -0.464 e. The van der Waals surface area contributed by atoms with Gasteiger partial charge >= 0.3 is 5.97 Å². The summed E-state index contributed by atoms with van der Waals surface area (Å²) in [6.45, 7) is 12.0. The Morgan fingerprint density at radius 1 is 1.12 bits per heavy atom. The van der Waals surface area contributed by atoms with Crippen molar-refractivity contribution < 1.29 is 14.3 Å². The summed E-state index contributed by atoms with van der Waals surface area (Å²) in [7, 11) is 1.41. The van der Waals surface area contributed by atoms with Crippen LogP contribution in [0.3, 0.4) is 0 Å². The summed E-state index contributed by atoms with van der Waals surface area (Å²) in [5, 5.41) is 0. The Kier molecular flexibility index (Phi) is 6.87. The highest BCUT2D eigenvalue weighted by atomic mass is 16.5. The second-order valence-electron chi connectivity index (χ2n) is 7.67. The van der Waals surface area contributed by atoms with Crippen LogP contribution in [0.15, 0.2) is 18.3 Å². The quantitative estimate of drug-likeness (QED) is 0.729. The molecule has 1 amide bonds. The predicted octanol–water partition coefficient (Wildman–Crippen LogP) is 2.95. The Bertz CT molecular complexity index is 608. The molecule has 6 heteroatoms. The number of amides is 1. The normalized spacial score (nSPS) is 17.5. The van der Waals surface area contributed by atoms with E-state index >= 15 is 0 Å². The van der Waals surface area contributed by atoms with Gasteiger partial charge in [0.2, 0.25) is 5.91 Å². The van der Waals surface area contributed by atoms with E-state index in [4.69, 9.17) is 4.74 Å². The van der Waals surface area contributed by atoms with Gasteiger partial charge in [0.05, 0.1) is 13.2 Å². The van der Waals surface area contributed by atoms with Gasteiger partial charge in [0.25, 0.3) is 0 Å². The molecule has 1 aliphatic rings. The molecule has 0 bridgehead atoms. The maximum atomic E-state index is 12.9. The lowest BCUT2D eigenvalue weighted by Crippen LogP contribution is -2.53. The molecule has 0 spiro atoms. The zero-order valence-corrected chi connectivity index (χ0v) is 16.9. The lowest BCUT2D eigenvalue weighted by molar-refractivity contribution is -0.140. The summed E-state index contributed by atoms with van der Waals surface area (Å²) in [5.74, 6) is -0.102. The van der Waals surface area contributed by atoms with Crippen LogP contribution in [0.1, 0.15) is 64.0 Å². The number of rotatable bonds is 6. The van der Waals surface area contributed by atoms with E-state index in [2.05, 4.69) is 32.6 Å². The lowest BCUT2D eigenvalue weighted by Gasteiger charge is -2.40. The van der Waals surface area contributed by atoms with Crippen LogP contribution in [-0.4, -0.2) is 64.6 Å². The highest BCUT2D eigenvalue weighted by molar-refractivity contribution is 5.87. The van der Waals surface area contributed by atoms with E-state index in [1.54, 1.807) is 6.07 Å². The zero-order chi connectivity index (χ0) is 19.4. The zero-order valence-electron chi connectivity index (χ0n) is 16.9. The lowest BCUT2D eigenvalue weighted by atomic mass is 10.0. The predicted molar refractivity (Wildman–Crippen MR) is 102 cm³/mol. The van der Waals surface area contributed by atoms with Crippen LogP contribution in [0.25, 0.3) is 0 Å². The Hall–Kier alpha value is -1.82. The summed E-state index contributed by atoms with van der Waals surface area (Å²) < 4.78 is 6.89. The second kappa shape index (κ2) is 8.71. The second-order valence-corrected chi connectivity index (χ2v) is 7.67. The first-order chi connectivity index (χ1) is 12.3. The average molecular weight is 364 g/mol. The van der Waals surface area contributed by atoms with Crippen molar-refractivity contribution in [1.82, 2.24) is 14.4 Å². The van der Waals surface area contributed by atoms with Gasteiger partial charge in [-0.1, -0.05) is 0 Å². The van der Waals surface area contributed by atoms with Crippen molar-refractivity contribution in [3.63, 3.8) is 0 Å². The first-order valence-electron chi connectivity index (χ1n) is 9.59. The first kappa shape index (κ1) is 20.5. The molecule has 0 aromatic carbocycles. The minimum absolute atomic E-state index is 0.120. The van der Waals surface area contributed by atoms with Crippen molar-refractivity contribution in [2.45, 2.75) is 71.6 Å². The molecule has 1 unspecified atom stereocenters. The number of esters is 1. The van der Waals surface area contributed by atoms with Gasteiger partial charge in [0.1, 0.15) is 5.69 Å². The standard InChI is InChI=1S/C20H33N3O3/c1-14(2)23(15(3)4)19(24)16(5)21-12-9-17(10-13-21)22-11-7-8-18(22)20(25)26-6/h7-8,11,14-17H,9-10,12-13H2,1-6H3. The molecule has 0 saturated carbocycles. The molecule has 1 saturated heterocycles. The Morgan fingerprint density at radius 2 is 1.69 bits per heavy atom. The average Bonchev–Trinajstić information content (AvgIpc) is 3.09. The Balaban J connectivity index is 2.01. The molecule has 1 aromatic rings. The number of aromatic nitrogens is 1. The number of ether oxygens (including phenoxy) is 1. The van der Waals surface area contributed by atoms with Gasteiger partial charge in [-0.15, -0.1) is 0 Å². The summed E-state index contributed by atoms with van der Waals surface area (Å²) in [6, 6.07) is 4.23. The number of nitrogens with zero attached hydrogens (tertiary/aromatic N) is 3. The molecule has 2 heterocycles. The van der Waals surface area contributed by atoms with E-state index in [-0.39, 0.29) is 36.0 Å². The maximum Gasteiger partial charge on any atom is 0.354 e. The molecule has 146 valence electrons. The van der Waals surface area contributed by atoms with Crippen molar-refractivity contribution >= 4 is 11.9 Å². The fourth-order valence-electron chi connectivity index (χ4n) is 4.02. The molecule has 6 nitrogen and oxygen atoms in total. The molecule has 1 fully saturated rings. The summed E-state index contributed by atoms with van der Waals surface area (Å²) in [4.78, 5) is 29.1. The van der Waals surface area contributed by atoms with Crippen molar-refractivity contribution in [1.29, 1.82) is 0 Å². The van der Waals surface area contributed by atoms with E-state index in [1.807, 2.05) is 28.7 Å². The topological polar surface area (TPSA) is 54.8 Å². The molecule has 1 aliphatic heterocycles. The van der Waals surface area contributed by atoms with Crippen LogP contribution in [0.4, 0.5) is 0 Å². The van der Waals surface area contributed by atoms with Gasteiger partial charge in [-0.3, -0.25) is 9.69 Å². The molecule has 1 aromatic heterocycles. The van der Waals surface area contributed by atoms with Crippen LogP contribution in [0.5, 0.6) is 0 Å². The summed E-state index contributed by atoms with van der Waals surface area (Å²) >= 11 is 0. The van der Waals surface area contributed by atoms with Crippen molar-refractivity contribution in [3.05, 3.63) is 24.0 Å². The molecular formula is C20H33N3O3. The summed E-state index contributed by atoms with van der Waals surface area (Å²) in [5.41, 5.74) is 0.598. The third-order valence-electron chi connectivity index (χ3n) is 5.34. The largest absolute Gasteiger partial charge is 0.464 e. The number of piperidine rings is 1. The Morgan fingerprint density at radius 3 is 2.19 bits per heavy atom. The van der Waals surface area contributed by atoms with E-state index in [0.717, 1.165) is 25.9 Å². The first-order valence-corrected chi connectivity index (χ1v) is 9.59. The highest BCUT2D eigenvalue weighted by Gasteiger charge is 2.32. The van der Waals surface area contributed by atoms with Gasteiger partial charge in [0, 0.05) is 37.4 Å². The van der Waals surface area contributed by atoms with Crippen LogP contribution in [0.2, 0.25) is 0 Å². The maximum absolute atomic E-state index is 12.9. The molecule has 1 atom stereocenters. The number of hydrogen-bond donors (Lipinski definition) is 0. The van der Waals surface area contributed by atoms with Crippen molar-refractivity contribution in [2.24, 2.45) is 0 Å². The fraction of sp³-hybridized carbons (Fsp3) is 0.700. The fourth-order valence-corrected chi connectivity index (χ4v) is 4.02. The number of carbonyl (C=O) groups is 2. The summed E-state index contributed by atoms with van der Waals surface area (Å²) in [6.07, 6.45) is 3.78. The third kappa shape index (κ3) is 4.29. The van der Waals surface area contributed by atoms with Gasteiger partial charge in [-0.05, 0) is 59.6 Å². The van der Waals surface area contributed by atoms with Crippen LogP contribution >= 0.6 is 0 Å². The molecule has 0 aliphatic carbocycles. The molecular weight excluding hydrogens is 330 g/mol. The van der Waals surface area contributed by atoms with Crippen LogP contribution < -0.4 is 0 Å². The van der Waals surface area contributed by atoms with Gasteiger partial charge < -0.3 is 14.2 Å². The van der Waals surface area contributed by atoms with Crippen LogP contribution in [0, 0.1) is 0 Å². The van der Waals surface area contributed by atoms with E-state index in [9.17, 15) is 9.59 Å². The highest BCUT2D eigenvalue weighted by Crippen LogP contribution is 2.26. The number of methoxy groups -OCH3 is 1. The smallest absolute Gasteiger partial charge is 0.354 e. The van der Waals surface area contributed by atoms with Crippen molar-refractivity contribution in [3.8, 4) is 0 Å². The van der Waals surface area contributed by atoms with Crippen LogP contribution in [-0.2, 0) is 9.53 Å². The van der Waals surface area contributed by atoms with E-state index < -0.39 is 0 Å². The molecule has 0 N–H and O–H groups in total. The minimum atomic E-state index is -0.300. The third-order valence-corrected chi connectivity index (χ3v) is 5.34. The molecule has 26 heavy (non-hydrogen) atoms. The Labute approximate surface area is 157 Å². The molecule has 2 rings (SSSR count). The van der Waals surface area contributed by atoms with E-state index in [0.29, 0.717) is 5.69 Å². The van der Waals surface area contributed by atoms with Gasteiger partial charge in [-0.25, -0.2) is 4.79 Å². The number of likely N-dealkylation sites (tertiary alicyclic amines) is 1.